The molecular formula is C17H12Cl2N4O2. The third-order valence-corrected chi connectivity index (χ3v) is 4.38. The van der Waals surface area contributed by atoms with Gasteiger partial charge in [-0.15, -0.1) is 0 Å². The number of amides is 2. The fraction of sp³-hybridized carbons (Fsp3) is 0.176. The van der Waals surface area contributed by atoms with E-state index >= 15 is 0 Å². The Morgan fingerprint density at radius 3 is 2.56 bits per heavy atom. The summed E-state index contributed by atoms with van der Waals surface area (Å²) in [6, 6.07) is 9.94. The number of hydrogen-bond donors (Lipinski definition) is 2. The number of rotatable bonds is 4. The number of halogens is 2. The molecule has 2 aromatic rings. The molecule has 2 atom stereocenters. The Morgan fingerprint density at radius 1 is 1.20 bits per heavy atom. The minimum Gasteiger partial charge on any atom is -0.322 e. The van der Waals surface area contributed by atoms with Gasteiger partial charge in [0, 0.05) is 18.0 Å². The first-order valence-electron chi connectivity index (χ1n) is 7.41. The number of pyridine rings is 1. The van der Waals surface area contributed by atoms with E-state index in [-0.39, 0.29) is 39.2 Å². The Hall–Kier alpha value is -2.62. The van der Waals surface area contributed by atoms with Gasteiger partial charge >= 0.3 is 0 Å². The van der Waals surface area contributed by atoms with Gasteiger partial charge < -0.3 is 10.6 Å². The van der Waals surface area contributed by atoms with Crippen molar-refractivity contribution in [1.29, 1.82) is 5.26 Å². The van der Waals surface area contributed by atoms with Crippen LogP contribution in [0.25, 0.3) is 0 Å². The lowest BCUT2D eigenvalue weighted by Gasteiger charge is -2.10. The van der Waals surface area contributed by atoms with Crippen LogP contribution in [0.4, 0.5) is 11.5 Å². The first-order chi connectivity index (χ1) is 12.0. The molecule has 1 aliphatic carbocycles. The highest BCUT2D eigenvalue weighted by atomic mass is 35.5. The molecule has 1 aliphatic rings. The van der Waals surface area contributed by atoms with Crippen molar-refractivity contribution in [3.63, 3.8) is 0 Å². The number of aromatic nitrogens is 1. The van der Waals surface area contributed by atoms with E-state index in [2.05, 4.69) is 21.7 Å². The van der Waals surface area contributed by atoms with E-state index in [4.69, 9.17) is 28.5 Å². The van der Waals surface area contributed by atoms with Crippen LogP contribution in [0.5, 0.6) is 0 Å². The van der Waals surface area contributed by atoms with Crippen molar-refractivity contribution in [2.45, 2.75) is 6.42 Å². The molecule has 1 heterocycles. The molecule has 126 valence electrons. The molecule has 8 heteroatoms. The summed E-state index contributed by atoms with van der Waals surface area (Å²) >= 11 is 12.0. The first-order valence-corrected chi connectivity index (χ1v) is 8.17. The minimum absolute atomic E-state index is 0.170. The summed E-state index contributed by atoms with van der Waals surface area (Å²) < 4.78 is 0. The van der Waals surface area contributed by atoms with Crippen LogP contribution in [0.1, 0.15) is 16.8 Å². The molecule has 2 amide bonds. The van der Waals surface area contributed by atoms with Crippen LogP contribution in [0.15, 0.2) is 36.5 Å². The number of nitrogens with one attached hydrogen (secondary N) is 2. The topological polar surface area (TPSA) is 94.9 Å². The molecule has 3 rings (SSSR count). The van der Waals surface area contributed by atoms with Crippen LogP contribution >= 0.6 is 23.2 Å². The summed E-state index contributed by atoms with van der Waals surface area (Å²) in [5.74, 6) is -0.962. The summed E-state index contributed by atoms with van der Waals surface area (Å²) in [6.45, 7) is 0. The molecular weight excluding hydrogens is 363 g/mol. The summed E-state index contributed by atoms with van der Waals surface area (Å²) in [7, 11) is 0. The molecule has 6 nitrogen and oxygen atoms in total. The third-order valence-electron chi connectivity index (χ3n) is 3.75. The van der Waals surface area contributed by atoms with Gasteiger partial charge in [-0.3, -0.25) is 9.59 Å². The normalized spacial score (nSPS) is 18.1. The zero-order chi connectivity index (χ0) is 18.0. The Balaban J connectivity index is 1.71. The average molecular weight is 375 g/mol. The lowest BCUT2D eigenvalue weighted by atomic mass is 10.2. The SMILES string of the molecule is N#C[C@@H]1C[C@@H]1C(=O)Nc1cc(NC(=O)c2c(Cl)cccc2Cl)ccn1. The fourth-order valence-electron chi connectivity index (χ4n) is 2.33. The molecule has 2 N–H and O–H groups in total. The van der Waals surface area contributed by atoms with Crippen LogP contribution in [0, 0.1) is 23.2 Å². The van der Waals surface area contributed by atoms with Gasteiger partial charge in [0.2, 0.25) is 5.91 Å². The maximum absolute atomic E-state index is 12.4. The minimum atomic E-state index is -0.467. The molecule has 1 aromatic heterocycles. The summed E-state index contributed by atoms with van der Waals surface area (Å²) in [6.07, 6.45) is 2.01. The predicted octanol–water partition coefficient (Wildman–Crippen LogP) is 3.74. The van der Waals surface area contributed by atoms with Gasteiger partial charge in [-0.2, -0.15) is 5.26 Å². The number of benzene rings is 1. The quantitative estimate of drug-likeness (QED) is 0.851. The molecule has 0 aliphatic heterocycles. The Bertz CT molecular complexity index is 874. The number of nitriles is 1. The largest absolute Gasteiger partial charge is 0.322 e. The molecule has 0 bridgehead atoms. The number of nitrogens with zero attached hydrogens (tertiary/aromatic N) is 2. The van der Waals surface area contributed by atoms with E-state index in [9.17, 15) is 9.59 Å². The first kappa shape index (κ1) is 17.2. The zero-order valence-electron chi connectivity index (χ0n) is 12.8. The van der Waals surface area contributed by atoms with E-state index in [0.717, 1.165) is 0 Å². The Labute approximate surface area is 153 Å². The van der Waals surface area contributed by atoms with Crippen molar-refractivity contribution in [3.8, 4) is 6.07 Å². The molecule has 25 heavy (non-hydrogen) atoms. The average Bonchev–Trinajstić information content (AvgIpc) is 3.35. The molecule has 0 radical (unpaired) electrons. The van der Waals surface area contributed by atoms with Crippen LogP contribution in [-0.4, -0.2) is 16.8 Å². The lowest BCUT2D eigenvalue weighted by Crippen LogP contribution is -2.17. The van der Waals surface area contributed by atoms with Crippen molar-refractivity contribution in [2.24, 2.45) is 11.8 Å². The van der Waals surface area contributed by atoms with Gasteiger partial charge in [0.1, 0.15) is 5.82 Å². The highest BCUT2D eigenvalue weighted by Gasteiger charge is 2.43. The van der Waals surface area contributed by atoms with Gasteiger partial charge in [0.15, 0.2) is 0 Å². The van der Waals surface area contributed by atoms with Crippen molar-refractivity contribution in [3.05, 3.63) is 52.1 Å². The maximum atomic E-state index is 12.4. The van der Waals surface area contributed by atoms with Crippen LogP contribution in [0.2, 0.25) is 10.0 Å². The summed E-state index contributed by atoms with van der Waals surface area (Å²) in [5.41, 5.74) is 0.599. The van der Waals surface area contributed by atoms with E-state index < -0.39 is 5.91 Å². The molecule has 1 aromatic carbocycles. The smallest absolute Gasteiger partial charge is 0.258 e. The second-order valence-electron chi connectivity index (χ2n) is 5.55. The molecule has 0 unspecified atom stereocenters. The van der Waals surface area contributed by atoms with Crippen molar-refractivity contribution in [2.75, 3.05) is 10.6 Å². The third kappa shape index (κ3) is 3.90. The van der Waals surface area contributed by atoms with Crippen molar-refractivity contribution in [1.82, 2.24) is 4.98 Å². The number of carbonyl (C=O) groups excluding carboxylic acids is 2. The van der Waals surface area contributed by atoms with E-state index in [1.54, 1.807) is 24.3 Å². The lowest BCUT2D eigenvalue weighted by molar-refractivity contribution is -0.117. The highest BCUT2D eigenvalue weighted by molar-refractivity contribution is 6.40. The van der Waals surface area contributed by atoms with Gasteiger partial charge in [-0.1, -0.05) is 29.3 Å². The van der Waals surface area contributed by atoms with Crippen molar-refractivity contribution < 1.29 is 9.59 Å². The summed E-state index contributed by atoms with van der Waals surface area (Å²) in [4.78, 5) is 28.4. The van der Waals surface area contributed by atoms with Gasteiger partial charge in [-0.25, -0.2) is 4.98 Å². The van der Waals surface area contributed by atoms with Gasteiger partial charge in [0.05, 0.1) is 33.5 Å². The standard InChI is InChI=1S/C17H12Cl2N4O2/c18-12-2-1-3-13(19)15(12)17(25)22-10-4-5-21-14(7-10)23-16(24)11-6-9(11)8-20/h1-5,7,9,11H,6H2,(H2,21,22,23,24,25)/t9-,11-/m0/s1. The number of carbonyl (C=O) groups is 2. The number of anilines is 2. The predicted molar refractivity (Wildman–Crippen MR) is 94.5 cm³/mol. The Kier molecular flexibility index (Phi) is 4.88. The van der Waals surface area contributed by atoms with Gasteiger partial charge in [-0.05, 0) is 24.6 Å². The highest BCUT2D eigenvalue weighted by Crippen LogP contribution is 2.38. The molecule has 1 saturated carbocycles. The van der Waals surface area contributed by atoms with Gasteiger partial charge in [0.25, 0.3) is 5.91 Å². The van der Waals surface area contributed by atoms with Crippen LogP contribution in [0.3, 0.4) is 0 Å². The van der Waals surface area contributed by atoms with E-state index in [1.165, 1.54) is 12.3 Å². The fourth-order valence-corrected chi connectivity index (χ4v) is 2.90. The maximum Gasteiger partial charge on any atom is 0.258 e. The van der Waals surface area contributed by atoms with Crippen LogP contribution < -0.4 is 10.6 Å². The van der Waals surface area contributed by atoms with Crippen LogP contribution in [-0.2, 0) is 4.79 Å². The molecule has 0 saturated heterocycles. The Morgan fingerprint density at radius 2 is 1.92 bits per heavy atom. The monoisotopic (exact) mass is 374 g/mol. The molecule has 1 fully saturated rings. The number of hydrogen-bond acceptors (Lipinski definition) is 4. The van der Waals surface area contributed by atoms with E-state index in [0.29, 0.717) is 12.1 Å². The van der Waals surface area contributed by atoms with Crippen molar-refractivity contribution >= 4 is 46.5 Å². The van der Waals surface area contributed by atoms with E-state index in [1.807, 2.05) is 0 Å². The molecule has 0 spiro atoms. The zero-order valence-corrected chi connectivity index (χ0v) is 14.3. The second kappa shape index (κ2) is 7.09. The summed E-state index contributed by atoms with van der Waals surface area (Å²) in [5, 5.41) is 14.6. The second-order valence-corrected chi connectivity index (χ2v) is 6.36.